The first-order valence-corrected chi connectivity index (χ1v) is 10.2. The molecule has 7 nitrogen and oxygen atoms in total. The molecule has 1 N–H and O–H groups in total. The van der Waals surface area contributed by atoms with Gasteiger partial charge in [-0.1, -0.05) is 31.4 Å². The largest absolute Gasteiger partial charge is 0.369 e. The molecule has 1 amide bonds. The predicted molar refractivity (Wildman–Crippen MR) is 113 cm³/mol. The highest BCUT2D eigenvalue weighted by Crippen LogP contribution is 2.29. The van der Waals surface area contributed by atoms with E-state index in [0.717, 1.165) is 24.1 Å². The standard InChI is InChI=1S/C22H25FN6O/c1-28(18-5-3-2-4-6-18)21-12-9-17(14-20(21)23)25-22(30)13-16-7-10-19(11-8-16)29-15-24-26-27-29/h7-12,14-15,18H,2-6,13H2,1H3,(H,25,30). The van der Waals surface area contributed by atoms with Gasteiger partial charge in [0.25, 0.3) is 0 Å². The highest BCUT2D eigenvalue weighted by atomic mass is 19.1. The number of nitrogens with one attached hydrogen (secondary N) is 1. The maximum atomic E-state index is 14.7. The van der Waals surface area contributed by atoms with Gasteiger partial charge in [0.05, 0.1) is 17.8 Å². The Bertz CT molecular complexity index is 983. The second kappa shape index (κ2) is 9.02. The van der Waals surface area contributed by atoms with E-state index in [2.05, 4.69) is 20.8 Å². The summed E-state index contributed by atoms with van der Waals surface area (Å²) in [4.78, 5) is 14.4. The van der Waals surface area contributed by atoms with Gasteiger partial charge in [-0.2, -0.15) is 0 Å². The lowest BCUT2D eigenvalue weighted by atomic mass is 9.94. The van der Waals surface area contributed by atoms with Crippen LogP contribution >= 0.6 is 0 Å². The van der Waals surface area contributed by atoms with Crippen molar-refractivity contribution in [2.75, 3.05) is 17.3 Å². The summed E-state index contributed by atoms with van der Waals surface area (Å²) in [5, 5.41) is 13.8. The molecule has 1 fully saturated rings. The van der Waals surface area contributed by atoms with Crippen LogP contribution in [0.25, 0.3) is 5.69 Å². The average Bonchev–Trinajstić information content (AvgIpc) is 3.29. The maximum Gasteiger partial charge on any atom is 0.228 e. The van der Waals surface area contributed by atoms with Crippen molar-refractivity contribution in [3.8, 4) is 5.69 Å². The van der Waals surface area contributed by atoms with Crippen molar-refractivity contribution < 1.29 is 9.18 Å². The lowest BCUT2D eigenvalue weighted by Crippen LogP contribution is -2.33. The summed E-state index contributed by atoms with van der Waals surface area (Å²) >= 11 is 0. The molecule has 1 aromatic heterocycles. The van der Waals surface area contributed by atoms with Gasteiger partial charge in [0.1, 0.15) is 12.1 Å². The summed E-state index contributed by atoms with van der Waals surface area (Å²) in [6, 6.07) is 12.7. The molecule has 2 aromatic carbocycles. The second-order valence-electron chi connectivity index (χ2n) is 7.71. The fourth-order valence-corrected chi connectivity index (χ4v) is 3.97. The van der Waals surface area contributed by atoms with Gasteiger partial charge < -0.3 is 10.2 Å². The van der Waals surface area contributed by atoms with E-state index in [0.29, 0.717) is 17.4 Å². The minimum atomic E-state index is -0.313. The van der Waals surface area contributed by atoms with E-state index < -0.39 is 0 Å². The quantitative estimate of drug-likeness (QED) is 0.672. The number of anilines is 2. The normalized spacial score (nSPS) is 14.5. The van der Waals surface area contributed by atoms with Gasteiger partial charge in [-0.3, -0.25) is 4.79 Å². The molecule has 30 heavy (non-hydrogen) atoms. The number of benzene rings is 2. The fraction of sp³-hybridized carbons (Fsp3) is 0.364. The molecule has 0 radical (unpaired) electrons. The van der Waals surface area contributed by atoms with E-state index in [-0.39, 0.29) is 18.1 Å². The predicted octanol–water partition coefficient (Wildman–Crippen LogP) is 3.75. The first kappa shape index (κ1) is 20.0. The summed E-state index contributed by atoms with van der Waals surface area (Å²) in [5.74, 6) is -0.510. The number of carbonyl (C=O) groups excluding carboxylic acids is 1. The van der Waals surface area contributed by atoms with Crippen molar-refractivity contribution in [2.45, 2.75) is 44.6 Å². The van der Waals surface area contributed by atoms with Gasteiger partial charge >= 0.3 is 0 Å². The summed E-state index contributed by atoms with van der Waals surface area (Å²) in [6.45, 7) is 0. The lowest BCUT2D eigenvalue weighted by molar-refractivity contribution is -0.115. The summed E-state index contributed by atoms with van der Waals surface area (Å²) in [7, 11) is 1.95. The minimum Gasteiger partial charge on any atom is -0.369 e. The van der Waals surface area contributed by atoms with Gasteiger partial charge in [-0.15, -0.1) is 5.10 Å². The molecular weight excluding hydrogens is 383 g/mol. The van der Waals surface area contributed by atoms with Gasteiger partial charge in [-0.05, 0) is 59.2 Å². The van der Waals surface area contributed by atoms with Crippen LogP contribution in [-0.2, 0) is 11.2 Å². The monoisotopic (exact) mass is 408 g/mol. The SMILES string of the molecule is CN(c1ccc(NC(=O)Cc2ccc(-n3cnnn3)cc2)cc1F)C1CCCCC1. The van der Waals surface area contributed by atoms with Crippen LogP contribution in [0, 0.1) is 5.82 Å². The maximum absolute atomic E-state index is 14.7. The van der Waals surface area contributed by atoms with E-state index in [1.807, 2.05) is 36.2 Å². The molecule has 0 aliphatic heterocycles. The molecule has 156 valence electrons. The van der Waals surface area contributed by atoms with Crippen LogP contribution in [0.5, 0.6) is 0 Å². The van der Waals surface area contributed by atoms with Crippen molar-refractivity contribution in [3.05, 3.63) is 60.2 Å². The zero-order valence-electron chi connectivity index (χ0n) is 17.0. The zero-order chi connectivity index (χ0) is 20.9. The van der Waals surface area contributed by atoms with Crippen LogP contribution in [0.15, 0.2) is 48.8 Å². The molecule has 0 bridgehead atoms. The summed E-state index contributed by atoms with van der Waals surface area (Å²) in [5.41, 5.74) is 2.70. The van der Waals surface area contributed by atoms with Crippen molar-refractivity contribution in [3.63, 3.8) is 0 Å². The van der Waals surface area contributed by atoms with Gasteiger partial charge in [0.15, 0.2) is 0 Å². The van der Waals surface area contributed by atoms with Gasteiger partial charge in [0.2, 0.25) is 5.91 Å². The number of aromatic nitrogens is 4. The highest BCUT2D eigenvalue weighted by molar-refractivity contribution is 5.92. The number of hydrogen-bond donors (Lipinski definition) is 1. The van der Waals surface area contributed by atoms with Crippen LogP contribution < -0.4 is 10.2 Å². The van der Waals surface area contributed by atoms with Crippen molar-refractivity contribution in [1.82, 2.24) is 20.2 Å². The van der Waals surface area contributed by atoms with Crippen molar-refractivity contribution in [2.24, 2.45) is 0 Å². The molecule has 1 aliphatic rings. The smallest absolute Gasteiger partial charge is 0.228 e. The Kier molecular flexibility index (Phi) is 6.02. The summed E-state index contributed by atoms with van der Waals surface area (Å²) in [6.07, 6.45) is 7.55. The Hall–Kier alpha value is -3.29. The number of hydrogen-bond acceptors (Lipinski definition) is 5. The van der Waals surface area contributed by atoms with Crippen molar-refractivity contribution in [1.29, 1.82) is 0 Å². The Balaban J connectivity index is 1.36. The average molecular weight is 408 g/mol. The third kappa shape index (κ3) is 4.64. The number of rotatable bonds is 6. The topological polar surface area (TPSA) is 75.9 Å². The van der Waals surface area contributed by atoms with Gasteiger partial charge in [-0.25, -0.2) is 9.07 Å². The van der Waals surface area contributed by atoms with Crippen LogP contribution in [0.4, 0.5) is 15.8 Å². The van der Waals surface area contributed by atoms with E-state index in [1.54, 1.807) is 16.8 Å². The number of carbonyl (C=O) groups is 1. The van der Waals surface area contributed by atoms with Crippen LogP contribution in [0.2, 0.25) is 0 Å². The molecular formula is C22H25FN6O. The molecule has 1 saturated carbocycles. The van der Waals surface area contributed by atoms with Crippen LogP contribution in [0.3, 0.4) is 0 Å². The number of halogens is 1. The Morgan fingerprint density at radius 1 is 1.17 bits per heavy atom. The second-order valence-corrected chi connectivity index (χ2v) is 7.71. The molecule has 0 atom stereocenters. The van der Waals surface area contributed by atoms with E-state index in [9.17, 15) is 9.18 Å². The minimum absolute atomic E-state index is 0.196. The van der Waals surface area contributed by atoms with Gasteiger partial charge in [0, 0.05) is 18.8 Å². The zero-order valence-corrected chi connectivity index (χ0v) is 17.0. The third-order valence-corrected chi connectivity index (χ3v) is 5.65. The summed E-state index contributed by atoms with van der Waals surface area (Å²) < 4.78 is 16.2. The first-order valence-electron chi connectivity index (χ1n) is 10.2. The van der Waals surface area contributed by atoms with Crippen molar-refractivity contribution >= 4 is 17.3 Å². The molecule has 0 unspecified atom stereocenters. The number of amides is 1. The molecule has 1 aliphatic carbocycles. The first-order chi connectivity index (χ1) is 14.6. The molecule has 3 aromatic rings. The van der Waals surface area contributed by atoms with E-state index in [4.69, 9.17) is 0 Å². The lowest BCUT2D eigenvalue weighted by Gasteiger charge is -2.33. The van der Waals surface area contributed by atoms with Crippen LogP contribution in [0.1, 0.15) is 37.7 Å². The Labute approximate surface area is 174 Å². The Morgan fingerprint density at radius 2 is 1.93 bits per heavy atom. The van der Waals surface area contributed by atoms with E-state index >= 15 is 0 Å². The molecule has 0 spiro atoms. The molecule has 0 saturated heterocycles. The fourth-order valence-electron chi connectivity index (χ4n) is 3.97. The van der Waals surface area contributed by atoms with E-state index in [1.165, 1.54) is 31.7 Å². The molecule has 4 rings (SSSR count). The van der Waals surface area contributed by atoms with Crippen LogP contribution in [-0.4, -0.2) is 39.2 Å². The molecule has 8 heteroatoms. The third-order valence-electron chi connectivity index (χ3n) is 5.65. The number of tetrazole rings is 1. The molecule has 1 heterocycles. The Morgan fingerprint density at radius 3 is 2.60 bits per heavy atom. The highest BCUT2D eigenvalue weighted by Gasteiger charge is 2.20. The number of nitrogens with zero attached hydrogens (tertiary/aromatic N) is 5.